The van der Waals surface area contributed by atoms with E-state index < -0.39 is 0 Å². The first-order chi connectivity index (χ1) is 11.9. The Balaban J connectivity index is 1.87. The maximum atomic E-state index is 13.1. The molecule has 0 amide bonds. The molecular weight excluding hydrogens is 332 g/mol. The van der Waals surface area contributed by atoms with E-state index in [1.165, 1.54) is 0 Å². The van der Waals surface area contributed by atoms with Gasteiger partial charge in [0.2, 0.25) is 0 Å². The molecule has 1 heterocycles. The number of hydrogen-bond acceptors (Lipinski definition) is 3. The largest absolute Gasteiger partial charge is 0.375 e. The molecule has 2 aliphatic rings. The molecule has 0 saturated heterocycles. The number of aliphatic imine (C=N–C) groups is 1. The highest BCUT2D eigenvalue weighted by atomic mass is 35.5. The average Bonchev–Trinajstić information content (AvgIpc) is 2.70. The van der Waals surface area contributed by atoms with Gasteiger partial charge in [-0.3, -0.25) is 9.79 Å². The van der Waals surface area contributed by atoms with Gasteiger partial charge in [0.05, 0.1) is 23.3 Å². The summed E-state index contributed by atoms with van der Waals surface area (Å²) in [6.45, 7) is 4.28. The third kappa shape index (κ3) is 3.09. The Morgan fingerprint density at radius 2 is 1.92 bits per heavy atom. The van der Waals surface area contributed by atoms with Gasteiger partial charge in [0.1, 0.15) is 5.78 Å². The van der Waals surface area contributed by atoms with Gasteiger partial charge in [0.25, 0.3) is 0 Å². The molecule has 0 bridgehead atoms. The minimum Gasteiger partial charge on any atom is -0.375 e. The van der Waals surface area contributed by atoms with E-state index in [4.69, 9.17) is 16.6 Å². The highest BCUT2D eigenvalue weighted by molar-refractivity contribution is 6.30. The smallest absolute Gasteiger partial charge is 0.144 e. The number of nitrogens with zero attached hydrogens (tertiary/aromatic N) is 1. The lowest BCUT2D eigenvalue weighted by Gasteiger charge is -2.37. The normalized spacial score (nSPS) is 24.4. The molecule has 128 valence electrons. The van der Waals surface area contributed by atoms with E-state index >= 15 is 0 Å². The molecule has 0 spiro atoms. The van der Waals surface area contributed by atoms with Gasteiger partial charge in [0, 0.05) is 17.2 Å². The lowest BCUT2D eigenvalue weighted by atomic mass is 9.68. The van der Waals surface area contributed by atoms with E-state index in [1.54, 1.807) is 0 Å². The van der Waals surface area contributed by atoms with Gasteiger partial charge in [0.15, 0.2) is 0 Å². The summed E-state index contributed by atoms with van der Waals surface area (Å²) in [5.41, 5.74) is 3.81. The van der Waals surface area contributed by atoms with Crippen molar-refractivity contribution in [3.8, 4) is 0 Å². The third-order valence-electron chi connectivity index (χ3n) is 5.04. The van der Waals surface area contributed by atoms with Crippen LogP contribution in [-0.4, -0.2) is 11.5 Å². The van der Waals surface area contributed by atoms with E-state index in [-0.39, 0.29) is 23.2 Å². The van der Waals surface area contributed by atoms with E-state index in [1.807, 2.05) is 48.5 Å². The molecule has 2 aromatic carbocycles. The number of hydrogen-bond donors (Lipinski definition) is 1. The van der Waals surface area contributed by atoms with Crippen LogP contribution >= 0.6 is 11.6 Å². The Kier molecular flexibility index (Phi) is 3.92. The summed E-state index contributed by atoms with van der Waals surface area (Å²) in [5.74, 6) is -0.000765. The van der Waals surface area contributed by atoms with Crippen LogP contribution in [0.5, 0.6) is 0 Å². The topological polar surface area (TPSA) is 41.5 Å². The minimum absolute atomic E-state index is 0.0510. The first kappa shape index (κ1) is 16.3. The maximum Gasteiger partial charge on any atom is 0.144 e. The Morgan fingerprint density at radius 1 is 1.12 bits per heavy atom. The summed E-state index contributed by atoms with van der Waals surface area (Å²) in [5, 5.41) is 4.25. The second-order valence-corrected chi connectivity index (χ2v) is 8.20. The highest BCUT2D eigenvalue weighted by Gasteiger charge is 2.43. The fraction of sp³-hybridized carbons (Fsp3) is 0.333. The van der Waals surface area contributed by atoms with Crippen LogP contribution in [0.25, 0.3) is 0 Å². The zero-order chi connectivity index (χ0) is 17.6. The van der Waals surface area contributed by atoms with Crippen molar-refractivity contribution in [3.63, 3.8) is 0 Å². The van der Waals surface area contributed by atoms with Crippen molar-refractivity contribution in [1.82, 2.24) is 0 Å². The lowest BCUT2D eigenvalue weighted by molar-refractivity contribution is -0.124. The van der Waals surface area contributed by atoms with Gasteiger partial charge in [-0.15, -0.1) is 0 Å². The first-order valence-electron chi connectivity index (χ1n) is 8.64. The van der Waals surface area contributed by atoms with E-state index in [9.17, 15) is 4.79 Å². The summed E-state index contributed by atoms with van der Waals surface area (Å²) in [7, 11) is 0. The second kappa shape index (κ2) is 5.99. The number of anilines is 1. The van der Waals surface area contributed by atoms with Crippen LogP contribution in [0, 0.1) is 11.3 Å². The third-order valence-corrected chi connectivity index (χ3v) is 5.27. The van der Waals surface area contributed by atoms with Gasteiger partial charge in [-0.2, -0.15) is 0 Å². The van der Waals surface area contributed by atoms with Crippen LogP contribution in [-0.2, 0) is 4.79 Å². The number of ketones is 1. The molecule has 25 heavy (non-hydrogen) atoms. The second-order valence-electron chi connectivity index (χ2n) is 7.76. The average molecular weight is 353 g/mol. The standard InChI is InChI=1S/C21H21ClN2O/c1-21(2)11-17-19(18(25)12-21)20(13-6-5-7-14(22)10-13)24-16-9-4-3-8-15(16)23-17/h3-10,19-20,24H,11-12H2,1-2H3/t19?,20-/m1/s1. The van der Waals surface area contributed by atoms with Crippen LogP contribution in [0.1, 0.15) is 38.3 Å². The molecule has 1 saturated carbocycles. The molecular formula is C21H21ClN2O. The molecule has 2 aromatic rings. The van der Waals surface area contributed by atoms with Crippen molar-refractivity contribution in [2.24, 2.45) is 16.3 Å². The summed E-state index contributed by atoms with van der Waals surface area (Å²) in [6.07, 6.45) is 1.41. The van der Waals surface area contributed by atoms with E-state index in [2.05, 4.69) is 19.2 Å². The first-order valence-corrected chi connectivity index (χ1v) is 9.02. The fourth-order valence-corrected chi connectivity index (χ4v) is 4.19. The zero-order valence-electron chi connectivity index (χ0n) is 14.4. The van der Waals surface area contributed by atoms with Crippen molar-refractivity contribution in [2.45, 2.75) is 32.7 Å². The van der Waals surface area contributed by atoms with Crippen molar-refractivity contribution in [2.75, 3.05) is 5.32 Å². The zero-order valence-corrected chi connectivity index (χ0v) is 15.2. The lowest BCUT2D eigenvalue weighted by Crippen LogP contribution is -2.42. The van der Waals surface area contributed by atoms with Crippen LogP contribution < -0.4 is 5.32 Å². The molecule has 4 heteroatoms. The van der Waals surface area contributed by atoms with E-state index in [0.29, 0.717) is 11.4 Å². The Labute approximate surface area is 153 Å². The predicted octanol–water partition coefficient (Wildman–Crippen LogP) is 5.58. The van der Waals surface area contributed by atoms with Crippen LogP contribution in [0.4, 0.5) is 11.4 Å². The quantitative estimate of drug-likeness (QED) is 0.727. The van der Waals surface area contributed by atoms with Crippen molar-refractivity contribution in [1.29, 1.82) is 0 Å². The summed E-state index contributed by atoms with van der Waals surface area (Å²) >= 11 is 6.22. The Bertz CT molecular complexity index is 872. The number of benzene rings is 2. The Hall–Kier alpha value is -2.13. The van der Waals surface area contributed by atoms with Crippen LogP contribution in [0.3, 0.4) is 0 Å². The van der Waals surface area contributed by atoms with E-state index in [0.717, 1.165) is 29.1 Å². The molecule has 0 aromatic heterocycles. The molecule has 4 rings (SSSR count). The number of carbonyl (C=O) groups is 1. The fourth-order valence-electron chi connectivity index (χ4n) is 3.99. The SMILES string of the molecule is CC1(C)CC(=O)C2C(=Nc3ccccc3N[C@@H]2c2cccc(Cl)c2)C1. The summed E-state index contributed by atoms with van der Waals surface area (Å²) in [4.78, 5) is 18.0. The number of para-hydroxylation sites is 2. The number of nitrogens with one attached hydrogen (secondary N) is 1. The van der Waals surface area contributed by atoms with Crippen molar-refractivity contribution >= 4 is 34.5 Å². The summed E-state index contributed by atoms with van der Waals surface area (Å²) < 4.78 is 0. The van der Waals surface area contributed by atoms with Gasteiger partial charge in [-0.05, 0) is 41.7 Å². The molecule has 1 aliphatic heterocycles. The number of Topliss-reactive ketones (excluding diaryl/α,β-unsaturated/α-hetero) is 1. The predicted molar refractivity (Wildman–Crippen MR) is 103 cm³/mol. The number of carbonyl (C=O) groups excluding carboxylic acids is 1. The molecule has 3 nitrogen and oxygen atoms in total. The minimum atomic E-state index is -0.251. The molecule has 1 fully saturated rings. The molecule has 0 radical (unpaired) electrons. The molecule has 1 unspecified atom stereocenters. The maximum absolute atomic E-state index is 13.1. The molecule has 1 N–H and O–H groups in total. The number of halogens is 1. The summed E-state index contributed by atoms with van der Waals surface area (Å²) in [6, 6.07) is 15.6. The van der Waals surface area contributed by atoms with Gasteiger partial charge < -0.3 is 5.32 Å². The van der Waals surface area contributed by atoms with Crippen LogP contribution in [0.15, 0.2) is 53.5 Å². The molecule has 1 aliphatic carbocycles. The van der Waals surface area contributed by atoms with Gasteiger partial charge >= 0.3 is 0 Å². The number of rotatable bonds is 1. The van der Waals surface area contributed by atoms with Crippen molar-refractivity contribution in [3.05, 3.63) is 59.1 Å². The Morgan fingerprint density at radius 3 is 2.72 bits per heavy atom. The number of fused-ring (bicyclic) bond motifs is 2. The van der Waals surface area contributed by atoms with Gasteiger partial charge in [-0.25, -0.2) is 0 Å². The monoisotopic (exact) mass is 352 g/mol. The van der Waals surface area contributed by atoms with Crippen molar-refractivity contribution < 1.29 is 4.79 Å². The van der Waals surface area contributed by atoms with Gasteiger partial charge in [-0.1, -0.05) is 49.7 Å². The molecule has 2 atom stereocenters. The highest BCUT2D eigenvalue weighted by Crippen LogP contribution is 2.45. The van der Waals surface area contributed by atoms with Crippen LogP contribution in [0.2, 0.25) is 5.02 Å².